The van der Waals surface area contributed by atoms with Crippen molar-refractivity contribution < 1.29 is 4.74 Å². The van der Waals surface area contributed by atoms with E-state index in [9.17, 15) is 0 Å². The minimum absolute atomic E-state index is 0.0625. The van der Waals surface area contributed by atoms with Crippen LogP contribution in [0.25, 0.3) is 0 Å². The molecule has 1 unspecified atom stereocenters. The molecule has 0 saturated carbocycles. The summed E-state index contributed by atoms with van der Waals surface area (Å²) >= 11 is 5.04. The largest absolute Gasteiger partial charge is 0.494 e. The number of hydrogen-bond donors (Lipinski definition) is 1. The average Bonchev–Trinajstić information content (AvgIpc) is 2.29. The van der Waals surface area contributed by atoms with Gasteiger partial charge in [-0.15, -0.1) is 0 Å². The third-order valence-electron chi connectivity index (χ3n) is 3.18. The molecule has 3 heteroatoms. The molecule has 0 bridgehead atoms. The van der Waals surface area contributed by atoms with Crippen LogP contribution >= 0.6 is 12.2 Å². The number of rotatable bonds is 5. The van der Waals surface area contributed by atoms with Crippen molar-refractivity contribution in [2.45, 2.75) is 46.5 Å². The number of nitrogens with two attached hydrogens (primary N) is 1. The van der Waals surface area contributed by atoms with Crippen LogP contribution in [0.5, 0.6) is 5.75 Å². The SMILES string of the molecule is CCOc1ccc(CC(C)C(N)=S)cc1C(C)(C)C. The Balaban J connectivity index is 3.08. The minimum atomic E-state index is 0.0625. The fraction of sp³-hybridized carbons (Fsp3) is 0.562. The van der Waals surface area contributed by atoms with Crippen LogP contribution in [-0.2, 0) is 11.8 Å². The summed E-state index contributed by atoms with van der Waals surface area (Å²) in [5.74, 6) is 1.20. The van der Waals surface area contributed by atoms with E-state index in [-0.39, 0.29) is 11.3 Å². The van der Waals surface area contributed by atoms with E-state index in [4.69, 9.17) is 22.7 Å². The maximum Gasteiger partial charge on any atom is 0.123 e. The Hall–Kier alpha value is -1.09. The maximum atomic E-state index is 5.72. The number of hydrogen-bond acceptors (Lipinski definition) is 2. The summed E-state index contributed by atoms with van der Waals surface area (Å²) in [6, 6.07) is 6.39. The molecular formula is C16H25NOS. The lowest BCUT2D eigenvalue weighted by Gasteiger charge is -2.24. The van der Waals surface area contributed by atoms with E-state index in [0.717, 1.165) is 12.2 Å². The average molecular weight is 279 g/mol. The van der Waals surface area contributed by atoms with E-state index in [1.807, 2.05) is 6.92 Å². The van der Waals surface area contributed by atoms with Gasteiger partial charge >= 0.3 is 0 Å². The van der Waals surface area contributed by atoms with Crippen LogP contribution in [0.3, 0.4) is 0 Å². The van der Waals surface area contributed by atoms with E-state index in [2.05, 4.69) is 45.9 Å². The lowest BCUT2D eigenvalue weighted by molar-refractivity contribution is 0.329. The second-order valence-corrected chi connectivity index (χ2v) is 6.49. The van der Waals surface area contributed by atoms with Crippen molar-refractivity contribution in [3.8, 4) is 5.75 Å². The third kappa shape index (κ3) is 4.50. The number of thiocarbonyl (C=S) groups is 1. The van der Waals surface area contributed by atoms with Crippen molar-refractivity contribution in [2.24, 2.45) is 11.7 Å². The van der Waals surface area contributed by atoms with Gasteiger partial charge in [-0.3, -0.25) is 0 Å². The summed E-state index contributed by atoms with van der Waals surface area (Å²) in [4.78, 5) is 0.575. The summed E-state index contributed by atoms with van der Waals surface area (Å²) in [7, 11) is 0. The molecule has 0 saturated heterocycles. The molecule has 0 aliphatic rings. The molecule has 0 amide bonds. The molecule has 0 radical (unpaired) electrons. The normalized spacial score (nSPS) is 13.1. The van der Waals surface area contributed by atoms with Gasteiger partial charge in [-0.05, 0) is 36.0 Å². The first-order valence-electron chi connectivity index (χ1n) is 6.81. The van der Waals surface area contributed by atoms with Crippen LogP contribution in [0.15, 0.2) is 18.2 Å². The first-order valence-corrected chi connectivity index (χ1v) is 7.22. The van der Waals surface area contributed by atoms with Crippen molar-refractivity contribution in [3.05, 3.63) is 29.3 Å². The molecule has 0 heterocycles. The summed E-state index contributed by atoms with van der Waals surface area (Å²) in [5, 5.41) is 0. The molecule has 1 aromatic carbocycles. The molecule has 0 spiro atoms. The van der Waals surface area contributed by atoms with E-state index < -0.39 is 0 Å². The predicted molar refractivity (Wildman–Crippen MR) is 86.0 cm³/mol. The Morgan fingerprint density at radius 1 is 1.37 bits per heavy atom. The lowest BCUT2D eigenvalue weighted by atomic mass is 9.84. The molecule has 106 valence electrons. The highest BCUT2D eigenvalue weighted by molar-refractivity contribution is 7.80. The predicted octanol–water partition coefficient (Wildman–Crippen LogP) is 3.85. The molecule has 19 heavy (non-hydrogen) atoms. The summed E-state index contributed by atoms with van der Waals surface area (Å²) in [6.45, 7) is 11.4. The minimum Gasteiger partial charge on any atom is -0.494 e. The molecule has 1 aromatic rings. The Morgan fingerprint density at radius 3 is 2.47 bits per heavy atom. The monoisotopic (exact) mass is 279 g/mol. The van der Waals surface area contributed by atoms with Gasteiger partial charge in [0.25, 0.3) is 0 Å². The van der Waals surface area contributed by atoms with Gasteiger partial charge in [0.2, 0.25) is 0 Å². The van der Waals surface area contributed by atoms with Crippen LogP contribution in [0, 0.1) is 5.92 Å². The van der Waals surface area contributed by atoms with Gasteiger partial charge in [0.05, 0.1) is 11.6 Å². The van der Waals surface area contributed by atoms with Crippen LogP contribution < -0.4 is 10.5 Å². The molecular weight excluding hydrogens is 254 g/mol. The second kappa shape index (κ2) is 6.38. The fourth-order valence-electron chi connectivity index (χ4n) is 2.03. The molecule has 1 rings (SSSR count). The lowest BCUT2D eigenvalue weighted by Crippen LogP contribution is -2.20. The first kappa shape index (κ1) is 16.0. The van der Waals surface area contributed by atoms with E-state index in [0.29, 0.717) is 11.6 Å². The Bertz CT molecular complexity index is 449. The summed E-state index contributed by atoms with van der Waals surface area (Å²) < 4.78 is 5.72. The Kier molecular flexibility index (Phi) is 5.36. The quantitative estimate of drug-likeness (QED) is 0.832. The van der Waals surface area contributed by atoms with Gasteiger partial charge in [0.1, 0.15) is 5.75 Å². The molecule has 2 nitrogen and oxygen atoms in total. The zero-order valence-corrected chi connectivity index (χ0v) is 13.4. The van der Waals surface area contributed by atoms with E-state index >= 15 is 0 Å². The van der Waals surface area contributed by atoms with Gasteiger partial charge < -0.3 is 10.5 Å². The highest BCUT2D eigenvalue weighted by Gasteiger charge is 2.20. The highest BCUT2D eigenvalue weighted by atomic mass is 32.1. The van der Waals surface area contributed by atoms with Crippen molar-refractivity contribution in [1.82, 2.24) is 0 Å². The molecule has 0 aliphatic heterocycles. The topological polar surface area (TPSA) is 35.2 Å². The number of benzene rings is 1. The Morgan fingerprint density at radius 2 is 2.00 bits per heavy atom. The smallest absolute Gasteiger partial charge is 0.123 e. The third-order valence-corrected chi connectivity index (χ3v) is 3.58. The van der Waals surface area contributed by atoms with Gasteiger partial charge in [0, 0.05) is 5.92 Å². The van der Waals surface area contributed by atoms with Crippen molar-refractivity contribution in [1.29, 1.82) is 0 Å². The Labute approximate surface area is 122 Å². The van der Waals surface area contributed by atoms with Crippen molar-refractivity contribution in [2.75, 3.05) is 6.61 Å². The molecule has 0 fully saturated rings. The van der Waals surface area contributed by atoms with E-state index in [1.54, 1.807) is 0 Å². The van der Waals surface area contributed by atoms with E-state index in [1.165, 1.54) is 11.1 Å². The summed E-state index contributed by atoms with van der Waals surface area (Å²) in [6.07, 6.45) is 0.880. The van der Waals surface area contributed by atoms with Crippen LogP contribution in [-0.4, -0.2) is 11.6 Å². The van der Waals surface area contributed by atoms with Crippen LogP contribution in [0.1, 0.15) is 45.7 Å². The van der Waals surface area contributed by atoms with Gasteiger partial charge in [-0.25, -0.2) is 0 Å². The van der Waals surface area contributed by atoms with Crippen molar-refractivity contribution >= 4 is 17.2 Å². The number of ether oxygens (including phenoxy) is 1. The fourth-order valence-corrected chi connectivity index (χ4v) is 2.11. The highest BCUT2D eigenvalue weighted by Crippen LogP contribution is 2.32. The first-order chi connectivity index (χ1) is 8.75. The summed E-state index contributed by atoms with van der Waals surface area (Å²) in [5.41, 5.74) is 8.25. The zero-order chi connectivity index (χ0) is 14.6. The van der Waals surface area contributed by atoms with Gasteiger partial charge in [-0.1, -0.05) is 52.0 Å². The van der Waals surface area contributed by atoms with Crippen LogP contribution in [0.4, 0.5) is 0 Å². The van der Waals surface area contributed by atoms with Gasteiger partial charge in [0.15, 0.2) is 0 Å². The standard InChI is InChI=1S/C16H25NOS/c1-6-18-14-8-7-12(9-11(2)15(17)19)10-13(14)16(3,4)5/h7-8,10-11H,6,9H2,1-5H3,(H2,17,19). The molecule has 0 aliphatic carbocycles. The molecule has 2 N–H and O–H groups in total. The van der Waals surface area contributed by atoms with Crippen LogP contribution in [0.2, 0.25) is 0 Å². The van der Waals surface area contributed by atoms with Crippen molar-refractivity contribution in [3.63, 3.8) is 0 Å². The maximum absolute atomic E-state index is 5.72. The van der Waals surface area contributed by atoms with Gasteiger partial charge in [-0.2, -0.15) is 0 Å². The molecule has 0 aromatic heterocycles. The molecule has 1 atom stereocenters. The second-order valence-electron chi connectivity index (χ2n) is 6.02. The zero-order valence-electron chi connectivity index (χ0n) is 12.6.